The van der Waals surface area contributed by atoms with Crippen molar-refractivity contribution >= 4 is 11.1 Å². The summed E-state index contributed by atoms with van der Waals surface area (Å²) in [5.41, 5.74) is 0.429. The first-order valence-electron chi connectivity index (χ1n) is 5.51. The number of benzene rings is 1. The van der Waals surface area contributed by atoms with Gasteiger partial charge < -0.3 is 4.42 Å². The second-order valence-corrected chi connectivity index (χ2v) is 4.38. The monoisotopic (exact) mass is 259 g/mol. The lowest BCUT2D eigenvalue weighted by molar-refractivity contribution is 0.125. The third-order valence-electron chi connectivity index (χ3n) is 2.73. The zero-order valence-electron chi connectivity index (χ0n) is 9.91. The predicted octanol–water partition coefficient (Wildman–Crippen LogP) is 3.12. The zero-order chi connectivity index (χ0) is 13.4. The molecular weight excluding hydrogens is 247 g/mol. The highest BCUT2D eigenvalue weighted by molar-refractivity contribution is 5.74. The third kappa shape index (κ3) is 2.14. The Balaban J connectivity index is 2.71. The number of halogens is 3. The van der Waals surface area contributed by atoms with Crippen LogP contribution in [-0.4, -0.2) is 11.0 Å². The topological polar surface area (TPSA) is 35.1 Å². The van der Waals surface area contributed by atoms with Crippen molar-refractivity contribution in [2.75, 3.05) is 0 Å². The first-order chi connectivity index (χ1) is 8.40. The molecule has 1 heterocycles. The lowest BCUT2D eigenvalue weighted by Gasteiger charge is -2.06. The Morgan fingerprint density at radius 3 is 2.56 bits per heavy atom. The smallest absolute Gasteiger partial charge is 0.405 e. The highest BCUT2D eigenvalue weighted by atomic mass is 19.3. The molecule has 0 fully saturated rings. The second kappa shape index (κ2) is 4.51. The predicted molar refractivity (Wildman–Crippen MR) is 60.5 cm³/mol. The van der Waals surface area contributed by atoms with Crippen molar-refractivity contribution in [2.45, 2.75) is 32.7 Å². The molecule has 2 aromatic rings. The SMILES string of the molecule is CC(C)c1cc(F)c2oc(=O)n(CC(F)F)c2c1. The van der Waals surface area contributed by atoms with Gasteiger partial charge >= 0.3 is 5.76 Å². The Morgan fingerprint density at radius 2 is 2.00 bits per heavy atom. The molecule has 0 amide bonds. The third-order valence-corrected chi connectivity index (χ3v) is 2.73. The van der Waals surface area contributed by atoms with E-state index < -0.39 is 24.5 Å². The van der Waals surface area contributed by atoms with Gasteiger partial charge in [0.15, 0.2) is 11.4 Å². The Bertz CT molecular complexity index is 628. The highest BCUT2D eigenvalue weighted by Gasteiger charge is 2.18. The number of fused-ring (bicyclic) bond motifs is 1. The number of aromatic nitrogens is 1. The van der Waals surface area contributed by atoms with Gasteiger partial charge in [-0.25, -0.2) is 18.0 Å². The van der Waals surface area contributed by atoms with E-state index in [-0.39, 0.29) is 17.0 Å². The Hall–Kier alpha value is -1.72. The number of alkyl halides is 2. The van der Waals surface area contributed by atoms with Gasteiger partial charge in [-0.2, -0.15) is 0 Å². The summed E-state index contributed by atoms with van der Waals surface area (Å²) in [5.74, 6) is -1.65. The van der Waals surface area contributed by atoms with Crippen LogP contribution in [0.15, 0.2) is 21.3 Å². The number of hydrogen-bond donors (Lipinski definition) is 0. The molecular formula is C12H12F3NO2. The molecule has 0 saturated heterocycles. The van der Waals surface area contributed by atoms with Crippen molar-refractivity contribution in [1.29, 1.82) is 0 Å². The molecule has 0 aliphatic rings. The van der Waals surface area contributed by atoms with Crippen molar-refractivity contribution in [3.05, 3.63) is 34.1 Å². The molecule has 0 bridgehead atoms. The standard InChI is InChI=1S/C12H12F3NO2/c1-6(2)7-3-8(13)11-9(4-7)16(5-10(14)15)12(17)18-11/h3-4,6,10H,5H2,1-2H3. The van der Waals surface area contributed by atoms with Gasteiger partial charge in [0, 0.05) is 0 Å². The molecule has 0 saturated carbocycles. The van der Waals surface area contributed by atoms with E-state index in [4.69, 9.17) is 0 Å². The lowest BCUT2D eigenvalue weighted by atomic mass is 10.0. The summed E-state index contributed by atoms with van der Waals surface area (Å²) in [5, 5.41) is 0. The van der Waals surface area contributed by atoms with Gasteiger partial charge in [-0.3, -0.25) is 4.57 Å². The van der Waals surface area contributed by atoms with Crippen LogP contribution in [0.4, 0.5) is 13.2 Å². The van der Waals surface area contributed by atoms with Gasteiger partial charge in [-0.15, -0.1) is 0 Å². The van der Waals surface area contributed by atoms with Gasteiger partial charge in [-0.05, 0) is 23.6 Å². The first-order valence-corrected chi connectivity index (χ1v) is 5.51. The van der Waals surface area contributed by atoms with E-state index in [1.807, 2.05) is 13.8 Å². The number of rotatable bonds is 3. The Labute approximate surface area is 101 Å². The molecule has 18 heavy (non-hydrogen) atoms. The molecule has 0 aliphatic carbocycles. The van der Waals surface area contributed by atoms with Gasteiger partial charge in [-0.1, -0.05) is 13.8 Å². The fraction of sp³-hybridized carbons (Fsp3) is 0.417. The van der Waals surface area contributed by atoms with Gasteiger partial charge in [0.2, 0.25) is 0 Å². The largest absolute Gasteiger partial charge is 0.420 e. The van der Waals surface area contributed by atoms with Gasteiger partial charge in [0.05, 0.1) is 12.1 Å². The normalized spacial score (nSPS) is 11.9. The maximum Gasteiger partial charge on any atom is 0.420 e. The average molecular weight is 259 g/mol. The fourth-order valence-electron chi connectivity index (χ4n) is 1.79. The van der Waals surface area contributed by atoms with Crippen LogP contribution in [0.2, 0.25) is 0 Å². The van der Waals surface area contributed by atoms with Crippen molar-refractivity contribution in [3.63, 3.8) is 0 Å². The number of oxazole rings is 1. The minimum absolute atomic E-state index is 0.0221. The van der Waals surface area contributed by atoms with Crippen LogP contribution in [0.25, 0.3) is 11.1 Å². The van der Waals surface area contributed by atoms with Crippen molar-refractivity contribution in [1.82, 2.24) is 4.57 Å². The molecule has 2 rings (SSSR count). The van der Waals surface area contributed by atoms with Crippen LogP contribution < -0.4 is 5.76 Å². The van der Waals surface area contributed by atoms with E-state index in [9.17, 15) is 18.0 Å². The van der Waals surface area contributed by atoms with Crippen LogP contribution in [-0.2, 0) is 6.54 Å². The van der Waals surface area contributed by atoms with E-state index in [1.54, 1.807) is 0 Å². The van der Waals surface area contributed by atoms with E-state index in [0.717, 1.165) is 4.57 Å². The van der Waals surface area contributed by atoms with Crippen LogP contribution in [0.5, 0.6) is 0 Å². The summed E-state index contributed by atoms with van der Waals surface area (Å²) < 4.78 is 43.9. The lowest BCUT2D eigenvalue weighted by Crippen LogP contribution is -2.18. The summed E-state index contributed by atoms with van der Waals surface area (Å²) in [4.78, 5) is 11.4. The minimum atomic E-state index is -2.70. The van der Waals surface area contributed by atoms with E-state index in [2.05, 4.69) is 4.42 Å². The number of hydrogen-bond acceptors (Lipinski definition) is 2. The summed E-state index contributed by atoms with van der Waals surface area (Å²) in [6.45, 7) is 2.89. The molecule has 3 nitrogen and oxygen atoms in total. The molecule has 0 spiro atoms. The molecule has 0 unspecified atom stereocenters. The van der Waals surface area contributed by atoms with Crippen LogP contribution >= 0.6 is 0 Å². The van der Waals surface area contributed by atoms with Gasteiger partial charge in [0.1, 0.15) is 0 Å². The Morgan fingerprint density at radius 1 is 1.33 bits per heavy atom. The quantitative estimate of drug-likeness (QED) is 0.848. The van der Waals surface area contributed by atoms with Crippen LogP contribution in [0.3, 0.4) is 0 Å². The van der Waals surface area contributed by atoms with E-state index in [0.29, 0.717) is 5.56 Å². The van der Waals surface area contributed by atoms with Crippen LogP contribution in [0, 0.1) is 5.82 Å². The van der Waals surface area contributed by atoms with Crippen molar-refractivity contribution in [2.24, 2.45) is 0 Å². The summed E-state index contributed by atoms with van der Waals surface area (Å²) in [6.07, 6.45) is -2.70. The average Bonchev–Trinajstić information content (AvgIpc) is 2.56. The minimum Gasteiger partial charge on any atom is -0.405 e. The van der Waals surface area contributed by atoms with Crippen LogP contribution in [0.1, 0.15) is 25.3 Å². The Kier molecular flexibility index (Phi) is 3.19. The first kappa shape index (κ1) is 12.7. The molecule has 0 N–H and O–H groups in total. The molecule has 0 radical (unpaired) electrons. The van der Waals surface area contributed by atoms with E-state index in [1.165, 1.54) is 12.1 Å². The number of nitrogens with zero attached hydrogens (tertiary/aromatic N) is 1. The summed E-state index contributed by atoms with van der Waals surface area (Å²) >= 11 is 0. The molecule has 98 valence electrons. The van der Waals surface area contributed by atoms with Crippen molar-refractivity contribution in [3.8, 4) is 0 Å². The summed E-state index contributed by atoms with van der Waals surface area (Å²) in [7, 11) is 0. The highest BCUT2D eigenvalue weighted by Crippen LogP contribution is 2.24. The fourth-order valence-corrected chi connectivity index (χ4v) is 1.79. The maximum absolute atomic E-state index is 13.7. The molecule has 1 aromatic heterocycles. The maximum atomic E-state index is 13.7. The summed E-state index contributed by atoms with van der Waals surface area (Å²) in [6, 6.07) is 2.76. The van der Waals surface area contributed by atoms with Gasteiger partial charge in [0.25, 0.3) is 6.43 Å². The molecule has 0 atom stereocenters. The van der Waals surface area contributed by atoms with E-state index >= 15 is 0 Å². The molecule has 6 heteroatoms. The molecule has 1 aromatic carbocycles. The second-order valence-electron chi connectivity index (χ2n) is 4.38. The molecule has 0 aliphatic heterocycles. The zero-order valence-corrected chi connectivity index (χ0v) is 9.91. The van der Waals surface area contributed by atoms with Crippen molar-refractivity contribution < 1.29 is 17.6 Å².